The van der Waals surface area contributed by atoms with Crippen LogP contribution in [0.3, 0.4) is 0 Å². The van der Waals surface area contributed by atoms with Crippen LogP contribution in [-0.4, -0.2) is 23.7 Å². The largest absolute Gasteiger partial charge is 0.481 e. The molecule has 1 atom stereocenters. The quantitative estimate of drug-likeness (QED) is 0.825. The molecule has 2 rings (SSSR count). The number of carbonyl (C=O) groups is 1. The summed E-state index contributed by atoms with van der Waals surface area (Å²) in [6.45, 7) is 2.27. The van der Waals surface area contributed by atoms with Gasteiger partial charge in [0.2, 0.25) is 0 Å². The fourth-order valence-corrected chi connectivity index (χ4v) is 2.59. The van der Waals surface area contributed by atoms with E-state index in [1.54, 1.807) is 42.5 Å². The summed E-state index contributed by atoms with van der Waals surface area (Å²) in [5, 5.41) is 16.0. The van der Waals surface area contributed by atoms with Gasteiger partial charge in [-0.15, -0.1) is 0 Å². The Morgan fingerprint density at radius 2 is 2.24 bits per heavy atom. The fraction of sp³-hybridized carbons (Fsp3) is 0.312. The molecule has 4 nitrogen and oxygen atoms in total. The Morgan fingerprint density at radius 3 is 2.95 bits per heavy atom. The molecule has 0 radical (unpaired) electrons. The van der Waals surface area contributed by atoms with Crippen molar-refractivity contribution in [2.24, 2.45) is 0 Å². The molecule has 1 heterocycles. The van der Waals surface area contributed by atoms with Crippen LogP contribution in [0, 0.1) is 0 Å². The van der Waals surface area contributed by atoms with Crippen molar-refractivity contribution in [3.63, 3.8) is 0 Å². The monoisotopic (exact) mass is 305 g/mol. The van der Waals surface area contributed by atoms with E-state index < -0.39 is 6.10 Å². The van der Waals surface area contributed by atoms with E-state index in [2.05, 4.69) is 16.8 Å². The van der Waals surface area contributed by atoms with Crippen molar-refractivity contribution < 1.29 is 14.6 Å². The van der Waals surface area contributed by atoms with E-state index in [0.717, 1.165) is 12.0 Å². The van der Waals surface area contributed by atoms with Gasteiger partial charge in [0.25, 0.3) is 5.91 Å². The minimum absolute atomic E-state index is 0.0432. The Bertz CT molecular complexity index is 569. The van der Waals surface area contributed by atoms with Crippen molar-refractivity contribution in [2.75, 3.05) is 6.54 Å². The van der Waals surface area contributed by atoms with Crippen LogP contribution in [0.2, 0.25) is 0 Å². The van der Waals surface area contributed by atoms with Crippen molar-refractivity contribution in [3.05, 3.63) is 52.2 Å². The normalized spacial score (nSPS) is 11.9. The van der Waals surface area contributed by atoms with Gasteiger partial charge in [0, 0.05) is 6.54 Å². The van der Waals surface area contributed by atoms with Crippen molar-refractivity contribution in [1.82, 2.24) is 5.32 Å². The first kappa shape index (κ1) is 15.5. The Balaban J connectivity index is 1.78. The maximum atomic E-state index is 11.9. The fourth-order valence-electron chi connectivity index (χ4n) is 1.88. The second kappa shape index (κ2) is 7.81. The highest BCUT2D eigenvalue weighted by Gasteiger charge is 2.14. The number of aliphatic hydroxyl groups is 1. The van der Waals surface area contributed by atoms with E-state index in [1.807, 2.05) is 5.38 Å². The van der Waals surface area contributed by atoms with Gasteiger partial charge in [-0.05, 0) is 53.4 Å². The molecule has 1 aromatic carbocycles. The van der Waals surface area contributed by atoms with Gasteiger partial charge in [0.05, 0.1) is 6.61 Å². The van der Waals surface area contributed by atoms with Gasteiger partial charge in [-0.1, -0.05) is 12.1 Å². The summed E-state index contributed by atoms with van der Waals surface area (Å²) in [6, 6.07) is 9.15. The lowest BCUT2D eigenvalue weighted by molar-refractivity contribution is -0.127. The number of amides is 1. The molecule has 1 unspecified atom stereocenters. The molecule has 0 bridgehead atoms. The first-order valence-electron chi connectivity index (χ1n) is 6.84. The summed E-state index contributed by atoms with van der Waals surface area (Å²) in [7, 11) is 0. The number of hydrogen-bond donors (Lipinski definition) is 2. The predicted octanol–water partition coefficient (Wildman–Crippen LogP) is 2.37. The number of nitrogens with one attached hydrogen (secondary N) is 1. The highest BCUT2D eigenvalue weighted by molar-refractivity contribution is 7.07. The van der Waals surface area contributed by atoms with Gasteiger partial charge in [-0.2, -0.15) is 11.3 Å². The van der Waals surface area contributed by atoms with Crippen LogP contribution < -0.4 is 10.1 Å². The van der Waals surface area contributed by atoms with Crippen LogP contribution in [0.5, 0.6) is 5.75 Å². The number of rotatable bonds is 7. The summed E-state index contributed by atoms with van der Waals surface area (Å²) in [4.78, 5) is 11.9. The Morgan fingerprint density at radius 1 is 1.38 bits per heavy atom. The summed E-state index contributed by atoms with van der Waals surface area (Å²) in [5.74, 6) is 0.446. The van der Waals surface area contributed by atoms with Gasteiger partial charge in [0.1, 0.15) is 5.75 Å². The summed E-state index contributed by atoms with van der Waals surface area (Å²) in [6.07, 6.45) is 0.253. The van der Waals surface area contributed by atoms with E-state index in [4.69, 9.17) is 9.84 Å². The van der Waals surface area contributed by atoms with Crippen molar-refractivity contribution in [1.29, 1.82) is 0 Å². The van der Waals surface area contributed by atoms with E-state index >= 15 is 0 Å². The molecule has 5 heteroatoms. The van der Waals surface area contributed by atoms with E-state index in [9.17, 15) is 4.79 Å². The van der Waals surface area contributed by atoms with Crippen molar-refractivity contribution in [3.8, 4) is 5.75 Å². The molecule has 0 fully saturated rings. The summed E-state index contributed by atoms with van der Waals surface area (Å²) < 4.78 is 5.59. The topological polar surface area (TPSA) is 58.6 Å². The number of aliphatic hydroxyl groups excluding tert-OH is 1. The van der Waals surface area contributed by atoms with Crippen LogP contribution >= 0.6 is 11.3 Å². The average Bonchev–Trinajstić information content (AvgIpc) is 3.00. The summed E-state index contributed by atoms with van der Waals surface area (Å²) >= 11 is 1.65. The van der Waals surface area contributed by atoms with Gasteiger partial charge in [-0.3, -0.25) is 4.79 Å². The molecule has 0 aliphatic carbocycles. The first-order chi connectivity index (χ1) is 10.2. The molecular weight excluding hydrogens is 286 g/mol. The smallest absolute Gasteiger partial charge is 0.260 e. The van der Waals surface area contributed by atoms with Crippen LogP contribution in [0.15, 0.2) is 41.1 Å². The number of hydrogen-bond acceptors (Lipinski definition) is 4. The van der Waals surface area contributed by atoms with Crippen LogP contribution in [-0.2, 0) is 17.8 Å². The second-order valence-electron chi connectivity index (χ2n) is 4.74. The SMILES string of the molecule is CC(Oc1cccc(CO)c1)C(=O)NCCc1ccsc1. The third kappa shape index (κ3) is 4.88. The zero-order valence-corrected chi connectivity index (χ0v) is 12.7. The van der Waals surface area contributed by atoms with E-state index in [-0.39, 0.29) is 12.5 Å². The van der Waals surface area contributed by atoms with Crippen LogP contribution in [0.1, 0.15) is 18.1 Å². The third-order valence-electron chi connectivity index (χ3n) is 3.06. The molecule has 0 saturated heterocycles. The second-order valence-corrected chi connectivity index (χ2v) is 5.52. The number of thiophene rings is 1. The molecule has 112 valence electrons. The van der Waals surface area contributed by atoms with Crippen molar-refractivity contribution >= 4 is 17.2 Å². The molecule has 0 aliphatic rings. The van der Waals surface area contributed by atoms with Gasteiger partial charge >= 0.3 is 0 Å². The standard InChI is InChI=1S/C16H19NO3S/c1-12(20-15-4-2-3-14(9-15)10-18)16(19)17-7-5-13-6-8-21-11-13/h2-4,6,8-9,11-12,18H,5,7,10H2,1H3,(H,17,19). The molecule has 2 N–H and O–H groups in total. The van der Waals surface area contributed by atoms with Gasteiger partial charge in [0.15, 0.2) is 6.10 Å². The minimum Gasteiger partial charge on any atom is -0.481 e. The Labute approximate surface area is 128 Å². The van der Waals surface area contributed by atoms with Crippen LogP contribution in [0.25, 0.3) is 0 Å². The lowest BCUT2D eigenvalue weighted by Crippen LogP contribution is -2.37. The number of ether oxygens (including phenoxy) is 1. The zero-order valence-electron chi connectivity index (χ0n) is 11.9. The first-order valence-corrected chi connectivity index (χ1v) is 7.78. The molecule has 0 aliphatic heterocycles. The Kier molecular flexibility index (Phi) is 5.78. The van der Waals surface area contributed by atoms with Crippen molar-refractivity contribution in [2.45, 2.75) is 26.1 Å². The lowest BCUT2D eigenvalue weighted by Gasteiger charge is -2.15. The predicted molar refractivity (Wildman–Crippen MR) is 83.5 cm³/mol. The lowest BCUT2D eigenvalue weighted by atomic mass is 10.2. The highest BCUT2D eigenvalue weighted by atomic mass is 32.1. The molecule has 0 spiro atoms. The van der Waals surface area contributed by atoms with Crippen LogP contribution in [0.4, 0.5) is 0 Å². The maximum Gasteiger partial charge on any atom is 0.260 e. The molecular formula is C16H19NO3S. The third-order valence-corrected chi connectivity index (χ3v) is 3.79. The highest BCUT2D eigenvalue weighted by Crippen LogP contribution is 2.15. The summed E-state index contributed by atoms with van der Waals surface area (Å²) in [5.41, 5.74) is 1.99. The van der Waals surface area contributed by atoms with Gasteiger partial charge in [-0.25, -0.2) is 0 Å². The van der Waals surface area contributed by atoms with Gasteiger partial charge < -0.3 is 15.2 Å². The molecule has 21 heavy (non-hydrogen) atoms. The average molecular weight is 305 g/mol. The number of benzene rings is 1. The molecule has 1 aromatic heterocycles. The molecule has 0 saturated carbocycles. The molecule has 2 aromatic rings. The zero-order chi connectivity index (χ0) is 15.1. The van der Waals surface area contributed by atoms with E-state index in [1.165, 1.54) is 5.56 Å². The van der Waals surface area contributed by atoms with E-state index in [0.29, 0.717) is 12.3 Å². The minimum atomic E-state index is -0.568. The maximum absolute atomic E-state index is 11.9. The molecule has 1 amide bonds. The Hall–Kier alpha value is -1.85. The number of carbonyl (C=O) groups excluding carboxylic acids is 1.